The van der Waals surface area contributed by atoms with Crippen molar-refractivity contribution in [1.82, 2.24) is 9.55 Å². The van der Waals surface area contributed by atoms with Crippen molar-refractivity contribution in [2.24, 2.45) is 0 Å². The lowest BCUT2D eigenvalue weighted by Crippen LogP contribution is -2.19. The maximum Gasteiger partial charge on any atom is 0.255 e. The quantitative estimate of drug-likeness (QED) is 0.751. The molecule has 5 heteroatoms. The average Bonchev–Trinajstić information content (AvgIpc) is 2.25. The minimum atomic E-state index is -0.301. The van der Waals surface area contributed by atoms with Gasteiger partial charge in [0.15, 0.2) is 0 Å². The first kappa shape index (κ1) is 10.8. The zero-order valence-electron chi connectivity index (χ0n) is 8.23. The summed E-state index contributed by atoms with van der Waals surface area (Å²) in [7, 11) is 0. The van der Waals surface area contributed by atoms with E-state index in [0.29, 0.717) is 6.54 Å². The van der Waals surface area contributed by atoms with Gasteiger partial charge >= 0.3 is 0 Å². The second kappa shape index (κ2) is 4.45. The molecule has 82 valence electrons. The van der Waals surface area contributed by atoms with Gasteiger partial charge in [0.05, 0.1) is 12.9 Å². The van der Waals surface area contributed by atoms with Crippen LogP contribution in [0.15, 0.2) is 41.5 Å². The number of nitrogens with zero attached hydrogens (tertiary/aromatic N) is 2. The van der Waals surface area contributed by atoms with Crippen molar-refractivity contribution in [2.45, 2.75) is 6.54 Å². The Bertz CT molecular complexity index is 551. The molecule has 1 aromatic carbocycles. The van der Waals surface area contributed by atoms with Gasteiger partial charge in [-0.2, -0.15) is 0 Å². The summed E-state index contributed by atoms with van der Waals surface area (Å²) in [5.41, 5.74) is 0.594. The van der Waals surface area contributed by atoms with E-state index in [1.54, 1.807) is 12.1 Å². The van der Waals surface area contributed by atoms with Gasteiger partial charge in [0.2, 0.25) is 0 Å². The maximum absolute atomic E-state index is 12.7. The fraction of sp³-hybridized carbons (Fsp3) is 0.0909. The summed E-state index contributed by atoms with van der Waals surface area (Å²) in [5, 5.41) is 0.167. The third kappa shape index (κ3) is 2.46. The van der Waals surface area contributed by atoms with E-state index >= 15 is 0 Å². The van der Waals surface area contributed by atoms with Gasteiger partial charge in [-0.1, -0.05) is 23.7 Å². The summed E-state index contributed by atoms with van der Waals surface area (Å²) < 4.78 is 14.1. The molecular weight excluding hydrogens is 231 g/mol. The van der Waals surface area contributed by atoms with E-state index in [2.05, 4.69) is 4.98 Å². The highest BCUT2D eigenvalue weighted by Crippen LogP contribution is 2.04. The Kier molecular flexibility index (Phi) is 3.01. The minimum Gasteiger partial charge on any atom is -0.295 e. The number of rotatable bonds is 2. The highest BCUT2D eigenvalue weighted by Gasteiger charge is 1.99. The third-order valence-electron chi connectivity index (χ3n) is 2.11. The molecule has 16 heavy (non-hydrogen) atoms. The molecule has 0 fully saturated rings. The summed E-state index contributed by atoms with van der Waals surface area (Å²) in [4.78, 5) is 15.3. The molecule has 2 rings (SSSR count). The lowest BCUT2D eigenvalue weighted by atomic mass is 10.2. The fourth-order valence-corrected chi connectivity index (χ4v) is 1.45. The van der Waals surface area contributed by atoms with Gasteiger partial charge in [-0.25, -0.2) is 9.37 Å². The molecule has 2 aromatic rings. The Morgan fingerprint density at radius 3 is 2.62 bits per heavy atom. The van der Waals surface area contributed by atoms with Crippen LogP contribution in [0.1, 0.15) is 5.56 Å². The Balaban J connectivity index is 2.27. The number of hydrogen-bond acceptors (Lipinski definition) is 2. The average molecular weight is 239 g/mol. The van der Waals surface area contributed by atoms with E-state index in [1.165, 1.54) is 29.1 Å². The van der Waals surface area contributed by atoms with Gasteiger partial charge in [0.1, 0.15) is 11.0 Å². The summed E-state index contributed by atoms with van der Waals surface area (Å²) in [6, 6.07) is 7.19. The standard InChI is InChI=1S/C11H8ClFN2O/c12-10-5-11(16)15(7-14-10)6-8-1-3-9(13)4-2-8/h1-5,7H,6H2. The molecule has 0 aliphatic heterocycles. The van der Waals surface area contributed by atoms with E-state index in [4.69, 9.17) is 11.6 Å². The van der Waals surface area contributed by atoms with Gasteiger partial charge in [0, 0.05) is 6.07 Å². The molecule has 0 unspecified atom stereocenters. The molecule has 1 aromatic heterocycles. The van der Waals surface area contributed by atoms with Gasteiger partial charge in [0.25, 0.3) is 5.56 Å². The van der Waals surface area contributed by atoms with Gasteiger partial charge < -0.3 is 0 Å². The van der Waals surface area contributed by atoms with E-state index in [-0.39, 0.29) is 16.5 Å². The second-order valence-electron chi connectivity index (χ2n) is 3.30. The summed E-state index contributed by atoms with van der Waals surface area (Å²) in [6.07, 6.45) is 1.37. The Morgan fingerprint density at radius 2 is 2.00 bits per heavy atom. The molecule has 3 nitrogen and oxygen atoms in total. The number of aromatic nitrogens is 2. The van der Waals surface area contributed by atoms with Crippen LogP contribution in [0, 0.1) is 5.82 Å². The summed E-state index contributed by atoms with van der Waals surface area (Å²) in [6.45, 7) is 0.350. The first-order valence-electron chi connectivity index (χ1n) is 4.61. The highest BCUT2D eigenvalue weighted by atomic mass is 35.5. The van der Waals surface area contributed by atoms with Crippen LogP contribution in [0.2, 0.25) is 5.15 Å². The first-order chi connectivity index (χ1) is 7.65. The molecule has 0 atom stereocenters. The number of benzene rings is 1. The predicted octanol–water partition coefficient (Wildman–Crippen LogP) is 2.08. The van der Waals surface area contributed by atoms with Crippen molar-refractivity contribution in [2.75, 3.05) is 0 Å². The van der Waals surface area contributed by atoms with Crippen LogP contribution < -0.4 is 5.56 Å². The zero-order chi connectivity index (χ0) is 11.5. The van der Waals surface area contributed by atoms with Crippen LogP contribution in [0.3, 0.4) is 0 Å². The van der Waals surface area contributed by atoms with Crippen molar-refractivity contribution in [1.29, 1.82) is 0 Å². The molecule has 0 bridgehead atoms. The molecule has 0 aliphatic carbocycles. The minimum absolute atomic E-state index is 0.167. The second-order valence-corrected chi connectivity index (χ2v) is 3.69. The van der Waals surface area contributed by atoms with Crippen molar-refractivity contribution >= 4 is 11.6 Å². The maximum atomic E-state index is 12.7. The van der Waals surface area contributed by atoms with Crippen molar-refractivity contribution in [3.05, 3.63) is 63.5 Å². The van der Waals surface area contributed by atoms with Crippen LogP contribution in [-0.2, 0) is 6.54 Å². The van der Waals surface area contributed by atoms with Gasteiger partial charge in [-0.3, -0.25) is 9.36 Å². The SMILES string of the molecule is O=c1cc(Cl)ncn1Cc1ccc(F)cc1. The van der Waals surface area contributed by atoms with Crippen molar-refractivity contribution in [3.8, 4) is 0 Å². The predicted molar refractivity (Wildman–Crippen MR) is 59.0 cm³/mol. The molecule has 0 N–H and O–H groups in total. The molecule has 1 heterocycles. The van der Waals surface area contributed by atoms with Crippen LogP contribution in [-0.4, -0.2) is 9.55 Å². The zero-order valence-corrected chi connectivity index (χ0v) is 8.99. The smallest absolute Gasteiger partial charge is 0.255 e. The highest BCUT2D eigenvalue weighted by molar-refractivity contribution is 6.29. The lowest BCUT2D eigenvalue weighted by molar-refractivity contribution is 0.626. The molecular formula is C11H8ClFN2O. The molecule has 0 saturated heterocycles. The van der Waals surface area contributed by atoms with Crippen LogP contribution in [0.25, 0.3) is 0 Å². The van der Waals surface area contributed by atoms with Crippen LogP contribution in [0.5, 0.6) is 0 Å². The fourth-order valence-electron chi connectivity index (χ4n) is 1.31. The molecule has 0 spiro atoms. The molecule has 0 radical (unpaired) electrons. The Labute approximate surface area is 96.1 Å². The van der Waals surface area contributed by atoms with Gasteiger partial charge in [-0.05, 0) is 17.7 Å². The molecule has 0 amide bonds. The summed E-state index contributed by atoms with van der Waals surface area (Å²) >= 11 is 5.57. The Hall–Kier alpha value is -1.68. The summed E-state index contributed by atoms with van der Waals surface area (Å²) in [5.74, 6) is -0.301. The lowest BCUT2D eigenvalue weighted by Gasteiger charge is -2.04. The Morgan fingerprint density at radius 1 is 1.31 bits per heavy atom. The number of hydrogen-bond donors (Lipinski definition) is 0. The largest absolute Gasteiger partial charge is 0.295 e. The van der Waals surface area contributed by atoms with Crippen LogP contribution >= 0.6 is 11.6 Å². The molecule has 0 aliphatic rings. The monoisotopic (exact) mass is 238 g/mol. The van der Waals surface area contributed by atoms with Crippen LogP contribution in [0.4, 0.5) is 4.39 Å². The van der Waals surface area contributed by atoms with E-state index in [9.17, 15) is 9.18 Å². The topological polar surface area (TPSA) is 34.9 Å². The molecule has 0 saturated carbocycles. The first-order valence-corrected chi connectivity index (χ1v) is 4.99. The van der Waals surface area contributed by atoms with E-state index < -0.39 is 0 Å². The van der Waals surface area contributed by atoms with E-state index in [0.717, 1.165) is 5.56 Å². The van der Waals surface area contributed by atoms with Gasteiger partial charge in [-0.15, -0.1) is 0 Å². The number of halogens is 2. The van der Waals surface area contributed by atoms with E-state index in [1.807, 2.05) is 0 Å². The van der Waals surface area contributed by atoms with Crippen molar-refractivity contribution < 1.29 is 4.39 Å². The van der Waals surface area contributed by atoms with Crippen molar-refractivity contribution in [3.63, 3.8) is 0 Å². The normalized spacial score (nSPS) is 10.4. The third-order valence-corrected chi connectivity index (χ3v) is 2.32.